The van der Waals surface area contributed by atoms with Crippen LogP contribution in [0.4, 0.5) is 18.9 Å². The van der Waals surface area contributed by atoms with E-state index in [1.807, 2.05) is 24.3 Å². The summed E-state index contributed by atoms with van der Waals surface area (Å²) in [5, 5.41) is 2.54. The molecule has 154 valence electrons. The standard InChI is InChI=1S/C20H19F3N2O3S/c21-20(22,23)28-16-7-3-1-5-14(16)13-24-18(26)9-10-19(27)25-11-12-29-17-8-4-2-6-15(17)25/h1-8H,9-13H2,(H,24,26). The van der Waals surface area contributed by atoms with Gasteiger partial charge in [0.25, 0.3) is 0 Å². The third-order valence-corrected chi connectivity index (χ3v) is 5.31. The first-order valence-electron chi connectivity index (χ1n) is 8.96. The summed E-state index contributed by atoms with van der Waals surface area (Å²) in [7, 11) is 0. The number of carbonyl (C=O) groups is 2. The van der Waals surface area contributed by atoms with E-state index < -0.39 is 12.3 Å². The number of amides is 2. The Morgan fingerprint density at radius 2 is 1.79 bits per heavy atom. The van der Waals surface area contributed by atoms with E-state index in [-0.39, 0.29) is 36.6 Å². The van der Waals surface area contributed by atoms with Crippen molar-refractivity contribution in [2.45, 2.75) is 30.6 Å². The number of anilines is 1. The molecule has 5 nitrogen and oxygen atoms in total. The summed E-state index contributed by atoms with van der Waals surface area (Å²) in [6.45, 7) is 0.451. The zero-order valence-electron chi connectivity index (χ0n) is 15.4. The van der Waals surface area contributed by atoms with Crippen LogP contribution in [-0.2, 0) is 16.1 Å². The van der Waals surface area contributed by atoms with E-state index in [9.17, 15) is 22.8 Å². The second kappa shape index (κ2) is 9.21. The van der Waals surface area contributed by atoms with Crippen molar-refractivity contribution in [2.75, 3.05) is 17.2 Å². The number of alkyl halides is 3. The normalized spacial score (nSPS) is 13.6. The molecule has 3 rings (SSSR count). The van der Waals surface area contributed by atoms with Gasteiger partial charge in [-0.15, -0.1) is 24.9 Å². The van der Waals surface area contributed by atoms with Gasteiger partial charge in [0.2, 0.25) is 11.8 Å². The molecule has 2 aromatic rings. The van der Waals surface area contributed by atoms with Gasteiger partial charge in [-0.2, -0.15) is 0 Å². The van der Waals surface area contributed by atoms with Crippen LogP contribution in [-0.4, -0.2) is 30.5 Å². The minimum atomic E-state index is -4.81. The molecular weight excluding hydrogens is 405 g/mol. The van der Waals surface area contributed by atoms with Crippen LogP contribution in [0.1, 0.15) is 18.4 Å². The number of nitrogens with one attached hydrogen (secondary N) is 1. The highest BCUT2D eigenvalue weighted by atomic mass is 32.2. The molecule has 2 amide bonds. The van der Waals surface area contributed by atoms with Crippen molar-refractivity contribution in [2.24, 2.45) is 0 Å². The lowest BCUT2D eigenvalue weighted by Crippen LogP contribution is -2.36. The van der Waals surface area contributed by atoms with Gasteiger partial charge < -0.3 is 15.0 Å². The Labute approximate surface area is 170 Å². The molecule has 1 N–H and O–H groups in total. The molecule has 9 heteroatoms. The first-order chi connectivity index (χ1) is 13.8. The van der Waals surface area contributed by atoms with E-state index in [1.165, 1.54) is 18.2 Å². The van der Waals surface area contributed by atoms with Crippen LogP contribution < -0.4 is 15.0 Å². The lowest BCUT2D eigenvalue weighted by molar-refractivity contribution is -0.274. The van der Waals surface area contributed by atoms with E-state index >= 15 is 0 Å². The summed E-state index contributed by atoms with van der Waals surface area (Å²) in [6.07, 6.45) is -4.84. The molecule has 0 atom stereocenters. The van der Waals surface area contributed by atoms with Crippen molar-refractivity contribution in [3.63, 3.8) is 0 Å². The molecule has 0 saturated carbocycles. The summed E-state index contributed by atoms with van der Waals surface area (Å²) in [4.78, 5) is 27.3. The topological polar surface area (TPSA) is 58.6 Å². The van der Waals surface area contributed by atoms with Gasteiger partial charge in [-0.05, 0) is 18.2 Å². The highest BCUT2D eigenvalue weighted by Gasteiger charge is 2.32. The number of hydrogen-bond acceptors (Lipinski definition) is 4. The summed E-state index contributed by atoms with van der Waals surface area (Å²) in [5.41, 5.74) is 1.04. The molecule has 0 radical (unpaired) electrons. The Balaban J connectivity index is 1.52. The molecule has 0 unspecified atom stereocenters. The van der Waals surface area contributed by atoms with Gasteiger partial charge >= 0.3 is 6.36 Å². The fraction of sp³-hybridized carbons (Fsp3) is 0.300. The Bertz CT molecular complexity index is 889. The predicted molar refractivity (Wildman–Crippen MR) is 104 cm³/mol. The highest BCUT2D eigenvalue weighted by Crippen LogP contribution is 2.34. The number of para-hydroxylation sites is 2. The summed E-state index contributed by atoms with van der Waals surface area (Å²) in [6, 6.07) is 13.2. The number of rotatable bonds is 6. The third kappa shape index (κ3) is 5.90. The lowest BCUT2D eigenvalue weighted by atomic mass is 10.2. The largest absolute Gasteiger partial charge is 0.573 e. The zero-order chi connectivity index (χ0) is 20.9. The minimum absolute atomic E-state index is 0.0194. The van der Waals surface area contributed by atoms with E-state index in [4.69, 9.17) is 0 Å². The van der Waals surface area contributed by atoms with Gasteiger partial charge in [-0.3, -0.25) is 9.59 Å². The van der Waals surface area contributed by atoms with Gasteiger partial charge in [0.1, 0.15) is 5.75 Å². The quantitative estimate of drug-likeness (QED) is 0.758. The minimum Gasteiger partial charge on any atom is -0.405 e. The van der Waals surface area contributed by atoms with Crippen LogP contribution in [0.3, 0.4) is 0 Å². The molecule has 2 aromatic carbocycles. The summed E-state index contributed by atoms with van der Waals surface area (Å²) >= 11 is 1.68. The van der Waals surface area contributed by atoms with E-state index in [0.717, 1.165) is 16.3 Å². The Hall–Kier alpha value is -2.68. The Kier molecular flexibility index (Phi) is 6.68. The number of carbonyl (C=O) groups excluding carboxylic acids is 2. The summed E-state index contributed by atoms with van der Waals surface area (Å²) in [5.74, 6) is -0.155. The van der Waals surface area contributed by atoms with Gasteiger partial charge in [-0.25, -0.2) is 0 Å². The highest BCUT2D eigenvalue weighted by molar-refractivity contribution is 7.99. The molecule has 1 aliphatic rings. The van der Waals surface area contributed by atoms with Crippen molar-refractivity contribution in [1.82, 2.24) is 5.32 Å². The first kappa shape index (κ1) is 21.0. The summed E-state index contributed by atoms with van der Waals surface area (Å²) < 4.78 is 41.3. The van der Waals surface area contributed by atoms with E-state index in [0.29, 0.717) is 6.54 Å². The Morgan fingerprint density at radius 1 is 1.07 bits per heavy atom. The molecule has 1 heterocycles. The average molecular weight is 424 g/mol. The third-order valence-electron chi connectivity index (χ3n) is 4.27. The maximum Gasteiger partial charge on any atom is 0.573 e. The Morgan fingerprint density at radius 3 is 2.59 bits per heavy atom. The van der Waals surface area contributed by atoms with Crippen LogP contribution in [0, 0.1) is 0 Å². The first-order valence-corrected chi connectivity index (χ1v) is 9.94. The van der Waals surface area contributed by atoms with E-state index in [2.05, 4.69) is 10.1 Å². The number of fused-ring (bicyclic) bond motifs is 1. The maximum absolute atomic E-state index is 12.5. The van der Waals surface area contributed by atoms with Gasteiger partial charge in [0.15, 0.2) is 0 Å². The fourth-order valence-corrected chi connectivity index (χ4v) is 3.94. The number of ether oxygens (including phenoxy) is 1. The molecule has 0 bridgehead atoms. The maximum atomic E-state index is 12.5. The van der Waals surface area contributed by atoms with Crippen LogP contribution >= 0.6 is 11.8 Å². The molecule has 0 aliphatic carbocycles. The zero-order valence-corrected chi connectivity index (χ0v) is 16.2. The van der Waals surface area contributed by atoms with Gasteiger partial charge in [-0.1, -0.05) is 30.3 Å². The number of thioether (sulfide) groups is 1. The van der Waals surface area contributed by atoms with Crippen LogP contribution in [0.15, 0.2) is 53.4 Å². The molecular formula is C20H19F3N2O3S. The van der Waals surface area contributed by atoms with E-state index in [1.54, 1.807) is 22.7 Å². The number of halogens is 3. The molecule has 0 fully saturated rings. The van der Waals surface area contributed by atoms with Crippen molar-refractivity contribution in [3.8, 4) is 5.75 Å². The SMILES string of the molecule is O=C(CCC(=O)N1CCSc2ccccc21)NCc1ccccc1OC(F)(F)F. The second-order valence-corrected chi connectivity index (χ2v) is 7.43. The van der Waals surface area contributed by atoms with Gasteiger partial charge in [0, 0.05) is 42.1 Å². The molecule has 0 aromatic heterocycles. The van der Waals surface area contributed by atoms with Crippen molar-refractivity contribution in [3.05, 3.63) is 54.1 Å². The monoisotopic (exact) mass is 424 g/mol. The van der Waals surface area contributed by atoms with Crippen LogP contribution in [0.25, 0.3) is 0 Å². The molecule has 1 aliphatic heterocycles. The fourth-order valence-electron chi connectivity index (χ4n) is 2.94. The molecule has 0 spiro atoms. The van der Waals surface area contributed by atoms with Crippen molar-refractivity contribution in [1.29, 1.82) is 0 Å². The number of nitrogens with zero attached hydrogens (tertiary/aromatic N) is 1. The number of benzene rings is 2. The van der Waals surface area contributed by atoms with Crippen molar-refractivity contribution < 1.29 is 27.5 Å². The van der Waals surface area contributed by atoms with Gasteiger partial charge in [0.05, 0.1) is 5.69 Å². The van der Waals surface area contributed by atoms with Crippen LogP contribution in [0.2, 0.25) is 0 Å². The predicted octanol–water partition coefficient (Wildman–Crippen LogP) is 4.12. The lowest BCUT2D eigenvalue weighted by Gasteiger charge is -2.29. The second-order valence-electron chi connectivity index (χ2n) is 6.29. The molecule has 0 saturated heterocycles. The van der Waals surface area contributed by atoms with Crippen molar-refractivity contribution >= 4 is 29.3 Å². The number of hydrogen-bond donors (Lipinski definition) is 1. The average Bonchev–Trinajstić information content (AvgIpc) is 2.69. The molecule has 29 heavy (non-hydrogen) atoms. The smallest absolute Gasteiger partial charge is 0.405 e. The van der Waals surface area contributed by atoms with Crippen LogP contribution in [0.5, 0.6) is 5.75 Å².